The number of ether oxygens (including phenoxy) is 2. The van der Waals surface area contributed by atoms with Crippen LogP contribution in [0.25, 0.3) is 0 Å². The van der Waals surface area contributed by atoms with Crippen molar-refractivity contribution < 1.29 is 31.9 Å². The lowest BCUT2D eigenvalue weighted by Crippen LogP contribution is -2.49. The van der Waals surface area contributed by atoms with Gasteiger partial charge in [-0.05, 0) is 79.6 Å². The summed E-state index contributed by atoms with van der Waals surface area (Å²) in [6.45, 7) is 2.31. The first-order valence-corrected chi connectivity index (χ1v) is 14.3. The van der Waals surface area contributed by atoms with Crippen molar-refractivity contribution in [2.24, 2.45) is 0 Å². The van der Waals surface area contributed by atoms with Crippen LogP contribution in [-0.4, -0.2) is 58.0 Å². The van der Waals surface area contributed by atoms with Gasteiger partial charge >= 0.3 is 0 Å². The van der Waals surface area contributed by atoms with Crippen molar-refractivity contribution in [2.75, 3.05) is 31.6 Å². The third-order valence-electron chi connectivity index (χ3n) is 5.85. The maximum atomic E-state index is 13.2. The molecule has 0 aliphatic heterocycles. The minimum Gasteiger partial charge on any atom is -0.484 e. The van der Waals surface area contributed by atoms with E-state index in [4.69, 9.17) is 21.1 Å². The third-order valence-corrected chi connectivity index (χ3v) is 7.50. The average molecular weight is 592 g/mol. The van der Waals surface area contributed by atoms with Crippen molar-refractivity contribution in [3.8, 4) is 5.75 Å². The van der Waals surface area contributed by atoms with Crippen LogP contribution in [0.2, 0.25) is 5.02 Å². The van der Waals surface area contributed by atoms with Gasteiger partial charge in [-0.25, -0.2) is 12.8 Å². The maximum absolute atomic E-state index is 13.2. The molecule has 3 aromatic carbocycles. The fraction of sp³-hybridized carbons (Fsp3) is 0.286. The number of carbonyl (C=O) groups excluding carboxylic acids is 2. The molecule has 0 saturated heterocycles. The lowest BCUT2D eigenvalue weighted by molar-refractivity contribution is -0.142. The molecule has 0 unspecified atom stereocenters. The minimum atomic E-state index is -3.92. The van der Waals surface area contributed by atoms with Gasteiger partial charge in [0.05, 0.1) is 4.90 Å². The van der Waals surface area contributed by atoms with Crippen molar-refractivity contribution in [3.63, 3.8) is 0 Å². The zero-order chi connectivity index (χ0) is 29.1. The summed E-state index contributed by atoms with van der Waals surface area (Å²) in [6.07, 6.45) is 0.633. The van der Waals surface area contributed by atoms with Crippen LogP contribution in [0.15, 0.2) is 77.7 Å². The van der Waals surface area contributed by atoms with Crippen molar-refractivity contribution in [2.45, 2.75) is 30.8 Å². The van der Waals surface area contributed by atoms with Gasteiger partial charge in [0.15, 0.2) is 6.61 Å². The van der Waals surface area contributed by atoms with Gasteiger partial charge in [0, 0.05) is 37.5 Å². The van der Waals surface area contributed by atoms with Gasteiger partial charge in [0.1, 0.15) is 17.6 Å². The lowest BCUT2D eigenvalue weighted by Gasteiger charge is -2.28. The Labute approximate surface area is 238 Å². The Kier molecular flexibility index (Phi) is 11.3. The number of sulfonamides is 1. The van der Waals surface area contributed by atoms with E-state index in [9.17, 15) is 22.4 Å². The molecule has 0 spiro atoms. The summed E-state index contributed by atoms with van der Waals surface area (Å²) in [4.78, 5) is 27.3. The quantitative estimate of drug-likeness (QED) is 0.271. The second kappa shape index (κ2) is 14.6. The molecule has 0 bridgehead atoms. The van der Waals surface area contributed by atoms with Gasteiger partial charge < -0.3 is 19.7 Å². The largest absolute Gasteiger partial charge is 0.484 e. The second-order valence-electron chi connectivity index (χ2n) is 8.83. The number of amides is 2. The molecule has 9 nitrogen and oxygen atoms in total. The Morgan fingerprint density at radius 3 is 2.27 bits per heavy atom. The highest BCUT2D eigenvalue weighted by Crippen LogP contribution is 2.20. The van der Waals surface area contributed by atoms with Crippen molar-refractivity contribution in [1.82, 2.24) is 10.2 Å². The molecule has 0 aliphatic rings. The van der Waals surface area contributed by atoms with E-state index in [2.05, 4.69) is 10.0 Å². The van der Waals surface area contributed by atoms with Gasteiger partial charge in [-0.2, -0.15) is 0 Å². The number of hydrogen-bond acceptors (Lipinski definition) is 6. The van der Waals surface area contributed by atoms with Gasteiger partial charge in [0.25, 0.3) is 15.9 Å². The van der Waals surface area contributed by atoms with E-state index in [1.165, 1.54) is 41.3 Å². The Balaban J connectivity index is 1.66. The van der Waals surface area contributed by atoms with Crippen LogP contribution in [0.5, 0.6) is 5.75 Å². The lowest BCUT2D eigenvalue weighted by atomic mass is 10.1. The van der Waals surface area contributed by atoms with Crippen LogP contribution < -0.4 is 14.8 Å². The highest BCUT2D eigenvalue weighted by Gasteiger charge is 2.26. The number of benzene rings is 3. The van der Waals surface area contributed by atoms with Gasteiger partial charge in [0.2, 0.25) is 5.91 Å². The molecule has 214 valence electrons. The van der Waals surface area contributed by atoms with Crippen LogP contribution in [0.1, 0.15) is 18.9 Å². The molecule has 0 heterocycles. The van der Waals surface area contributed by atoms with E-state index in [0.717, 1.165) is 17.7 Å². The molecular formula is C28H31ClFN3O6S. The molecule has 12 heteroatoms. The summed E-state index contributed by atoms with van der Waals surface area (Å²) in [5.74, 6) is -0.981. The maximum Gasteiger partial charge on any atom is 0.261 e. The molecule has 0 aliphatic carbocycles. The first-order valence-electron chi connectivity index (χ1n) is 12.4. The SMILES string of the molecule is COCCCNC(=O)[C@@H](C)N(Cc1ccc(Cl)cc1)C(=O)COc1ccc(S(=O)(=O)Nc2ccc(F)cc2)cc1. The smallest absolute Gasteiger partial charge is 0.261 e. The van der Waals surface area contributed by atoms with Crippen LogP contribution in [0, 0.1) is 5.82 Å². The highest BCUT2D eigenvalue weighted by molar-refractivity contribution is 7.92. The molecule has 2 amide bonds. The molecule has 3 aromatic rings. The van der Waals surface area contributed by atoms with Crippen LogP contribution in [-0.2, 0) is 30.9 Å². The van der Waals surface area contributed by atoms with Gasteiger partial charge in [-0.1, -0.05) is 23.7 Å². The van der Waals surface area contributed by atoms with E-state index < -0.39 is 27.8 Å². The monoisotopic (exact) mass is 591 g/mol. The number of anilines is 1. The molecule has 1 atom stereocenters. The van der Waals surface area contributed by atoms with Crippen molar-refractivity contribution in [3.05, 3.63) is 89.2 Å². The molecular weight excluding hydrogens is 561 g/mol. The number of carbonyl (C=O) groups is 2. The number of rotatable bonds is 14. The van der Waals surface area contributed by atoms with E-state index in [0.29, 0.717) is 24.6 Å². The minimum absolute atomic E-state index is 0.0429. The standard InChI is InChI=1S/C28H31ClFN3O6S/c1-20(28(35)31-16-3-17-38-2)33(18-21-4-6-22(29)7-5-21)27(34)19-39-25-12-14-26(15-13-25)40(36,37)32-24-10-8-23(30)9-11-24/h4-15,20,32H,3,16-19H2,1-2H3,(H,31,35)/t20-/m1/s1. The Morgan fingerprint density at radius 2 is 1.65 bits per heavy atom. The number of nitrogens with zero attached hydrogens (tertiary/aromatic N) is 1. The first-order chi connectivity index (χ1) is 19.1. The topological polar surface area (TPSA) is 114 Å². The van der Waals surface area contributed by atoms with E-state index in [-0.39, 0.29) is 35.4 Å². The Bertz CT molecular complexity index is 1370. The molecule has 2 N–H and O–H groups in total. The number of hydrogen-bond donors (Lipinski definition) is 2. The molecule has 0 fully saturated rings. The molecule has 0 aromatic heterocycles. The zero-order valence-corrected chi connectivity index (χ0v) is 23.7. The normalized spacial score (nSPS) is 11.9. The molecule has 0 radical (unpaired) electrons. The summed E-state index contributed by atoms with van der Waals surface area (Å²) >= 11 is 5.98. The third kappa shape index (κ3) is 9.22. The number of methoxy groups -OCH3 is 1. The van der Waals surface area contributed by atoms with Crippen LogP contribution in [0.4, 0.5) is 10.1 Å². The number of nitrogens with one attached hydrogen (secondary N) is 2. The summed E-state index contributed by atoms with van der Waals surface area (Å²) in [5.41, 5.74) is 0.991. The average Bonchev–Trinajstić information content (AvgIpc) is 2.94. The van der Waals surface area contributed by atoms with Crippen molar-refractivity contribution >= 4 is 39.1 Å². The molecule has 0 saturated carbocycles. The predicted octanol–water partition coefficient (Wildman–Crippen LogP) is 4.23. The Hall–Kier alpha value is -3.67. The molecule has 40 heavy (non-hydrogen) atoms. The fourth-order valence-electron chi connectivity index (χ4n) is 3.62. The summed E-state index contributed by atoms with van der Waals surface area (Å²) in [7, 11) is -2.34. The van der Waals surface area contributed by atoms with Crippen LogP contribution >= 0.6 is 11.6 Å². The first kappa shape index (κ1) is 30.9. The number of halogens is 2. The summed E-state index contributed by atoms with van der Waals surface area (Å²) in [6, 6.07) is 16.6. The van der Waals surface area contributed by atoms with Crippen molar-refractivity contribution in [1.29, 1.82) is 0 Å². The highest BCUT2D eigenvalue weighted by atomic mass is 35.5. The Morgan fingerprint density at radius 1 is 1.00 bits per heavy atom. The predicted molar refractivity (Wildman–Crippen MR) is 150 cm³/mol. The van der Waals surface area contributed by atoms with Gasteiger partial charge in [-0.3, -0.25) is 14.3 Å². The van der Waals surface area contributed by atoms with E-state index in [1.54, 1.807) is 38.3 Å². The summed E-state index contributed by atoms with van der Waals surface area (Å²) in [5, 5.41) is 3.35. The van der Waals surface area contributed by atoms with E-state index >= 15 is 0 Å². The second-order valence-corrected chi connectivity index (χ2v) is 11.0. The fourth-order valence-corrected chi connectivity index (χ4v) is 4.80. The zero-order valence-electron chi connectivity index (χ0n) is 22.1. The van der Waals surface area contributed by atoms with Crippen LogP contribution in [0.3, 0.4) is 0 Å². The van der Waals surface area contributed by atoms with Gasteiger partial charge in [-0.15, -0.1) is 0 Å². The molecule has 3 rings (SSSR count). The van der Waals surface area contributed by atoms with E-state index in [1.807, 2.05) is 0 Å². The summed E-state index contributed by atoms with van der Waals surface area (Å²) < 4.78 is 51.4.